The highest BCUT2D eigenvalue weighted by molar-refractivity contribution is 7.44. The molecule has 2 unspecified atom stereocenters. The lowest BCUT2D eigenvalue weighted by molar-refractivity contribution is -0.219. The summed E-state index contributed by atoms with van der Waals surface area (Å²) in [5.74, 6) is -1.69. The average molecular weight is 350 g/mol. The number of ether oxygens (including phenoxy) is 1. The summed E-state index contributed by atoms with van der Waals surface area (Å²) in [6, 6.07) is 0. The van der Waals surface area contributed by atoms with Crippen molar-refractivity contribution in [1.29, 1.82) is 0 Å². The molecule has 0 saturated heterocycles. The van der Waals surface area contributed by atoms with Gasteiger partial charge in [-0.15, -0.1) is 6.58 Å². The highest BCUT2D eigenvalue weighted by Gasteiger charge is 2.26. The lowest BCUT2D eigenvalue weighted by Gasteiger charge is -2.25. The molecule has 134 valence electrons. The summed E-state index contributed by atoms with van der Waals surface area (Å²) >= 11 is 0. The van der Waals surface area contributed by atoms with Crippen molar-refractivity contribution in [3.8, 4) is 0 Å². The van der Waals surface area contributed by atoms with Gasteiger partial charge in [-0.1, -0.05) is 13.0 Å². The third-order valence-electron chi connectivity index (χ3n) is 3.04. The molecule has 0 radical (unpaired) electrons. The van der Waals surface area contributed by atoms with Gasteiger partial charge in [0.05, 0.1) is 6.61 Å². The van der Waals surface area contributed by atoms with Gasteiger partial charge < -0.3 is 24.4 Å². The van der Waals surface area contributed by atoms with E-state index < -0.39 is 31.9 Å². The number of phosphoric acid groups is 1. The molecular formula is C14H25NO7P-. The van der Waals surface area contributed by atoms with E-state index in [1.165, 1.54) is 0 Å². The third kappa shape index (κ3) is 11.9. The number of hydrogen-bond donors (Lipinski definition) is 2. The molecule has 8 nitrogen and oxygen atoms in total. The van der Waals surface area contributed by atoms with Crippen molar-refractivity contribution in [2.75, 3.05) is 13.2 Å². The fourth-order valence-corrected chi connectivity index (χ4v) is 2.04. The van der Waals surface area contributed by atoms with E-state index in [1.807, 2.05) is 13.0 Å². The van der Waals surface area contributed by atoms with Crippen LogP contribution in [0.4, 0.5) is 0 Å². The molecule has 2 N–H and O–H groups in total. The first-order valence-electron chi connectivity index (χ1n) is 7.29. The Morgan fingerprint density at radius 2 is 2.09 bits per heavy atom. The number of phosphoric ester groups is 1. The van der Waals surface area contributed by atoms with E-state index in [2.05, 4.69) is 16.4 Å². The number of nitrogens with one attached hydrogen (secondary N) is 1. The van der Waals surface area contributed by atoms with Crippen LogP contribution in [0.25, 0.3) is 0 Å². The van der Waals surface area contributed by atoms with Gasteiger partial charge in [0.25, 0.3) is 7.82 Å². The topological polar surface area (TPSA) is 125 Å². The van der Waals surface area contributed by atoms with Crippen LogP contribution in [0.2, 0.25) is 0 Å². The average Bonchev–Trinajstić information content (AvgIpc) is 2.41. The second-order valence-corrected chi connectivity index (χ2v) is 7.01. The highest BCUT2D eigenvalue weighted by atomic mass is 31.2. The molecule has 0 aliphatic heterocycles. The van der Waals surface area contributed by atoms with E-state index in [1.54, 1.807) is 13.8 Å². The van der Waals surface area contributed by atoms with E-state index in [-0.39, 0.29) is 6.54 Å². The van der Waals surface area contributed by atoms with Gasteiger partial charge in [0, 0.05) is 6.54 Å². The zero-order valence-corrected chi connectivity index (χ0v) is 14.6. The number of esters is 1. The maximum absolute atomic E-state index is 11.6. The Morgan fingerprint density at radius 1 is 1.48 bits per heavy atom. The minimum atomic E-state index is -4.83. The summed E-state index contributed by atoms with van der Waals surface area (Å²) in [6.07, 6.45) is 4.17. The Bertz CT molecular complexity index is 458. The quantitative estimate of drug-likeness (QED) is 0.197. The highest BCUT2D eigenvalue weighted by Crippen LogP contribution is 2.29. The summed E-state index contributed by atoms with van der Waals surface area (Å²) < 4.78 is 19.5. The molecule has 0 aliphatic rings. The molecule has 1 amide bonds. The van der Waals surface area contributed by atoms with E-state index in [9.17, 15) is 19.0 Å². The number of allylic oxidation sites excluding steroid dienone is 1. The fraction of sp³-hybridized carbons (Fsp3) is 0.714. The van der Waals surface area contributed by atoms with Crippen LogP contribution in [0, 0.1) is 5.92 Å². The van der Waals surface area contributed by atoms with Crippen molar-refractivity contribution in [2.45, 2.75) is 45.6 Å². The Balaban J connectivity index is 4.11. The number of rotatable bonds is 10. The smallest absolute Gasteiger partial charge is 0.397 e. The van der Waals surface area contributed by atoms with E-state index in [0.717, 1.165) is 12.8 Å². The van der Waals surface area contributed by atoms with Crippen LogP contribution in [0.3, 0.4) is 0 Å². The van der Waals surface area contributed by atoms with Gasteiger partial charge in [0.15, 0.2) is 0 Å². The van der Waals surface area contributed by atoms with Crippen molar-refractivity contribution >= 4 is 19.7 Å². The molecule has 0 heterocycles. The Morgan fingerprint density at radius 3 is 2.61 bits per heavy atom. The molecule has 0 rings (SSSR count). The first-order valence-corrected chi connectivity index (χ1v) is 8.78. The van der Waals surface area contributed by atoms with Crippen molar-refractivity contribution in [3.63, 3.8) is 0 Å². The van der Waals surface area contributed by atoms with Crippen molar-refractivity contribution in [2.24, 2.45) is 5.92 Å². The van der Waals surface area contributed by atoms with Crippen LogP contribution in [0.1, 0.15) is 40.0 Å². The van der Waals surface area contributed by atoms with Crippen LogP contribution in [0.15, 0.2) is 12.7 Å². The summed E-state index contributed by atoms with van der Waals surface area (Å²) in [5, 5.41) is 2.14. The van der Waals surface area contributed by atoms with E-state index >= 15 is 0 Å². The second kappa shape index (κ2) is 9.82. The number of carbonyl (C=O) groups is 2. The minimum Gasteiger partial charge on any atom is -0.756 e. The van der Waals surface area contributed by atoms with Gasteiger partial charge in [-0.3, -0.25) is 9.36 Å². The molecule has 9 heteroatoms. The molecule has 0 saturated carbocycles. The van der Waals surface area contributed by atoms with E-state index in [0.29, 0.717) is 12.3 Å². The van der Waals surface area contributed by atoms with Crippen LogP contribution < -0.4 is 10.2 Å². The molecule has 2 atom stereocenters. The first kappa shape index (κ1) is 21.8. The maximum atomic E-state index is 11.6. The largest absolute Gasteiger partial charge is 0.756 e. The zero-order chi connectivity index (χ0) is 18.1. The lowest BCUT2D eigenvalue weighted by Crippen LogP contribution is -2.39. The molecule has 23 heavy (non-hydrogen) atoms. The van der Waals surface area contributed by atoms with Gasteiger partial charge >= 0.3 is 11.9 Å². The van der Waals surface area contributed by atoms with Crippen molar-refractivity contribution in [1.82, 2.24) is 5.32 Å². The zero-order valence-electron chi connectivity index (χ0n) is 13.7. The summed E-state index contributed by atoms with van der Waals surface area (Å²) in [5.41, 5.74) is -0.790. The first-order chi connectivity index (χ1) is 10.5. The number of carbonyl (C=O) groups excluding carboxylic acids is 2. The van der Waals surface area contributed by atoms with Gasteiger partial charge in [0.2, 0.25) is 0 Å². The molecular weight excluding hydrogens is 325 g/mol. The monoisotopic (exact) mass is 350 g/mol. The fourth-order valence-electron chi connectivity index (χ4n) is 1.71. The summed E-state index contributed by atoms with van der Waals surface area (Å²) in [7, 11) is -4.83. The van der Waals surface area contributed by atoms with Gasteiger partial charge in [-0.05, 0) is 39.0 Å². The van der Waals surface area contributed by atoms with Crippen LogP contribution in [0.5, 0.6) is 0 Å². The van der Waals surface area contributed by atoms with Crippen LogP contribution in [-0.2, 0) is 23.4 Å². The molecule has 0 spiro atoms. The lowest BCUT2D eigenvalue weighted by atomic mass is 9.97. The molecule has 0 aromatic heterocycles. The predicted molar refractivity (Wildman–Crippen MR) is 82.2 cm³/mol. The standard InChI is InChI=1S/C14H26NO7P/c1-5-11(2)7-6-8-14(3,4)22-13(17)12(16)15-9-10-21-23(18,19)20/h5,11H,1,6-10H2,2-4H3,(H,15,16)(H2,18,19,20)/p-1. The van der Waals surface area contributed by atoms with E-state index in [4.69, 9.17) is 9.63 Å². The number of hydrogen-bond acceptors (Lipinski definition) is 6. The molecule has 0 aromatic rings. The molecule has 0 fully saturated rings. The van der Waals surface area contributed by atoms with Gasteiger partial charge in [-0.25, -0.2) is 4.79 Å². The SMILES string of the molecule is C=CC(C)CCCC(C)(C)OC(=O)C(=O)NCCOP(=O)([O-])O. The number of amides is 1. The molecule has 0 bridgehead atoms. The van der Waals surface area contributed by atoms with Crippen molar-refractivity contribution < 1.29 is 33.2 Å². The summed E-state index contributed by atoms with van der Waals surface area (Å²) in [4.78, 5) is 41.8. The van der Waals surface area contributed by atoms with Gasteiger partial charge in [-0.2, -0.15) is 0 Å². The van der Waals surface area contributed by atoms with Crippen LogP contribution in [-0.4, -0.2) is 35.5 Å². The second-order valence-electron chi connectivity index (χ2n) is 5.81. The maximum Gasteiger partial charge on any atom is 0.397 e. The Labute approximate surface area is 136 Å². The third-order valence-corrected chi connectivity index (χ3v) is 3.55. The Hall–Kier alpha value is -1.21. The van der Waals surface area contributed by atoms with Crippen LogP contribution >= 0.6 is 7.82 Å². The molecule has 0 aliphatic carbocycles. The normalized spacial score (nSPS) is 15.3. The predicted octanol–water partition coefficient (Wildman–Crippen LogP) is 0.894. The molecule has 0 aromatic carbocycles. The minimum absolute atomic E-state index is 0.252. The summed E-state index contributed by atoms with van der Waals surface area (Å²) in [6.45, 7) is 8.42. The van der Waals surface area contributed by atoms with Crippen molar-refractivity contribution in [3.05, 3.63) is 12.7 Å². The van der Waals surface area contributed by atoms with Gasteiger partial charge in [0.1, 0.15) is 5.60 Å². The Kier molecular flexibility index (Phi) is 9.31.